The van der Waals surface area contributed by atoms with Crippen LogP contribution in [0, 0.1) is 0 Å². The van der Waals surface area contributed by atoms with Gasteiger partial charge in [0.1, 0.15) is 0 Å². The van der Waals surface area contributed by atoms with Crippen molar-refractivity contribution in [1.82, 2.24) is 9.97 Å². The third-order valence-corrected chi connectivity index (χ3v) is 7.09. The Bertz CT molecular complexity index is 1590. The van der Waals surface area contributed by atoms with Crippen LogP contribution in [0.2, 0.25) is 0 Å². The van der Waals surface area contributed by atoms with Crippen molar-refractivity contribution in [1.29, 1.82) is 0 Å². The summed E-state index contributed by atoms with van der Waals surface area (Å²) in [6.07, 6.45) is 1.10. The van der Waals surface area contributed by atoms with Crippen molar-refractivity contribution in [3.05, 3.63) is 129 Å². The Labute approximate surface area is 227 Å². The number of benzene rings is 3. The van der Waals surface area contributed by atoms with E-state index in [0.717, 1.165) is 44.3 Å². The molecular formula is C30H20N4O2Pt. The molecule has 5 aromatic rings. The van der Waals surface area contributed by atoms with Crippen molar-refractivity contribution < 1.29 is 30.7 Å². The van der Waals surface area contributed by atoms with Crippen LogP contribution in [-0.2, 0) is 33.9 Å². The molecule has 7 heteroatoms. The molecule has 0 saturated carbocycles. The number of hydrogen-bond donors (Lipinski definition) is 0. The minimum Gasteiger partial charge on any atom is -0.643 e. The number of hydrogen-bond acceptors (Lipinski definition) is 4. The molecule has 2 atom stereocenters. The van der Waals surface area contributed by atoms with Gasteiger partial charge in [0.05, 0.1) is 22.8 Å². The molecule has 0 spiro atoms. The first kappa shape index (κ1) is 23.5. The van der Waals surface area contributed by atoms with Crippen molar-refractivity contribution >= 4 is 33.6 Å². The summed E-state index contributed by atoms with van der Waals surface area (Å²) >= 11 is 0. The number of pyridine rings is 2. The molecule has 2 unspecified atom stereocenters. The topological polar surface area (TPSA) is 88.1 Å². The van der Waals surface area contributed by atoms with Gasteiger partial charge in [-0.05, 0) is 25.0 Å². The maximum atomic E-state index is 12.3. The zero-order valence-corrected chi connectivity index (χ0v) is 21.8. The Kier molecular flexibility index (Phi) is 5.85. The van der Waals surface area contributed by atoms with E-state index in [2.05, 4.69) is 34.9 Å². The van der Waals surface area contributed by atoms with E-state index < -0.39 is 0 Å². The van der Waals surface area contributed by atoms with Gasteiger partial charge in [0.2, 0.25) is 0 Å². The second kappa shape index (κ2) is 9.20. The molecule has 0 radical (unpaired) electrons. The summed E-state index contributed by atoms with van der Waals surface area (Å²) < 4.78 is 0. The summed E-state index contributed by atoms with van der Waals surface area (Å²) in [5.74, 6) is -0.323. The fraction of sp³-hybridized carbons (Fsp3) is 0.133. The van der Waals surface area contributed by atoms with Crippen molar-refractivity contribution in [2.75, 3.05) is 0 Å². The summed E-state index contributed by atoms with van der Waals surface area (Å²) in [6, 6.07) is 27.0. The van der Waals surface area contributed by atoms with E-state index in [-0.39, 0.29) is 45.0 Å². The largest absolute Gasteiger partial charge is 2.00 e. The van der Waals surface area contributed by atoms with Crippen LogP contribution in [0.3, 0.4) is 0 Å². The summed E-state index contributed by atoms with van der Waals surface area (Å²) in [5, 5.41) is 10.7. The van der Waals surface area contributed by atoms with Gasteiger partial charge in [-0.15, -0.1) is 0 Å². The van der Waals surface area contributed by atoms with E-state index in [0.29, 0.717) is 24.0 Å². The minimum absolute atomic E-state index is 0. The molecule has 0 aliphatic carbocycles. The van der Waals surface area contributed by atoms with Crippen LogP contribution in [0.4, 0.5) is 0 Å². The maximum Gasteiger partial charge on any atom is 2.00 e. The third kappa shape index (κ3) is 4.02. The van der Waals surface area contributed by atoms with Crippen LogP contribution in [0.1, 0.15) is 55.3 Å². The molecule has 2 aliphatic rings. The van der Waals surface area contributed by atoms with Crippen LogP contribution >= 0.6 is 0 Å². The van der Waals surface area contributed by atoms with Crippen LogP contribution in [0.5, 0.6) is 0 Å². The fourth-order valence-corrected chi connectivity index (χ4v) is 5.31. The number of nitrogens with zero attached hydrogens (tertiary/aromatic N) is 4. The molecule has 0 N–H and O–H groups in total. The molecule has 2 aliphatic heterocycles. The first-order valence-electron chi connectivity index (χ1n) is 12.0. The molecule has 6 nitrogen and oxygen atoms in total. The summed E-state index contributed by atoms with van der Waals surface area (Å²) in [7, 11) is 0. The molecule has 0 bridgehead atoms. The van der Waals surface area contributed by atoms with Gasteiger partial charge in [0, 0.05) is 33.3 Å². The predicted molar refractivity (Wildman–Crippen MR) is 138 cm³/mol. The smallest absolute Gasteiger partial charge is 0.643 e. The van der Waals surface area contributed by atoms with Gasteiger partial charge in [0.25, 0.3) is 0 Å². The Balaban J connectivity index is 0.00000252. The molecule has 37 heavy (non-hydrogen) atoms. The average Bonchev–Trinajstić information content (AvgIpc) is 3.40. The molecule has 4 heterocycles. The van der Waals surface area contributed by atoms with Crippen molar-refractivity contribution in [3.8, 4) is 0 Å². The second-order valence-electron chi connectivity index (χ2n) is 9.30. The van der Waals surface area contributed by atoms with Gasteiger partial charge in [-0.25, -0.2) is 0 Å². The quantitative estimate of drug-likeness (QED) is 0.208. The number of rotatable bonds is 4. The Morgan fingerprint density at radius 3 is 1.43 bits per heavy atom. The van der Waals surface area contributed by atoms with Gasteiger partial charge in [-0.1, -0.05) is 96.0 Å². The second-order valence-corrected chi connectivity index (χ2v) is 9.30. The predicted octanol–water partition coefficient (Wildman–Crippen LogP) is 6.40. The first-order valence-corrected chi connectivity index (χ1v) is 12.0. The van der Waals surface area contributed by atoms with Crippen LogP contribution in [-0.4, -0.2) is 21.8 Å². The summed E-state index contributed by atoms with van der Waals surface area (Å²) in [4.78, 5) is 34.6. The molecule has 2 amide bonds. The molecule has 2 aromatic heterocycles. The Morgan fingerprint density at radius 1 is 0.568 bits per heavy atom. The van der Waals surface area contributed by atoms with Gasteiger partial charge in [-0.2, -0.15) is 0 Å². The normalized spacial score (nSPS) is 17.7. The van der Waals surface area contributed by atoms with E-state index >= 15 is 0 Å². The number of fused-ring (bicyclic) bond motifs is 5. The number of amides is 2. The van der Waals surface area contributed by atoms with Crippen molar-refractivity contribution in [2.45, 2.75) is 24.9 Å². The van der Waals surface area contributed by atoms with E-state index in [1.807, 2.05) is 60.7 Å². The van der Waals surface area contributed by atoms with Gasteiger partial charge >= 0.3 is 21.1 Å². The summed E-state index contributed by atoms with van der Waals surface area (Å²) in [5.41, 5.74) is 6.65. The first-order chi connectivity index (χ1) is 17.6. The number of carbonyl (C=O) groups is 2. The zero-order valence-electron chi connectivity index (χ0n) is 19.6. The molecular weight excluding hydrogens is 643 g/mol. The fourth-order valence-electron chi connectivity index (χ4n) is 5.31. The molecule has 0 fully saturated rings. The average molecular weight is 664 g/mol. The number of aromatic nitrogens is 2. The van der Waals surface area contributed by atoms with Crippen molar-refractivity contribution in [2.24, 2.45) is 0 Å². The van der Waals surface area contributed by atoms with E-state index in [1.165, 1.54) is 0 Å². The van der Waals surface area contributed by atoms with Gasteiger partial charge < -0.3 is 20.2 Å². The van der Waals surface area contributed by atoms with E-state index in [9.17, 15) is 9.59 Å². The molecule has 182 valence electrons. The van der Waals surface area contributed by atoms with E-state index in [4.69, 9.17) is 9.97 Å². The maximum absolute atomic E-state index is 12.3. The van der Waals surface area contributed by atoms with Gasteiger partial charge in [-0.3, -0.25) is 9.97 Å². The molecule has 3 aromatic carbocycles. The van der Waals surface area contributed by atoms with Crippen LogP contribution in [0.15, 0.2) is 84.9 Å². The van der Waals surface area contributed by atoms with Crippen LogP contribution in [0.25, 0.3) is 32.4 Å². The van der Waals surface area contributed by atoms with E-state index in [1.54, 1.807) is 0 Å². The zero-order chi connectivity index (χ0) is 24.2. The standard InChI is InChI=1S/C30H22N4O2.Pt/c35-29-23-7-3-1-5-21(23)25(33-29)15-19-13-11-17-9-10-18-12-14-20(32-28(18)27(17)31-19)16-26-22-6-2-4-8-24(22)30(36)34-26;/h1-14,25-26H,15-16H2,(H2,33,34,35,36);/q;+2/p-2. The molecule has 0 saturated heterocycles. The monoisotopic (exact) mass is 663 g/mol. The number of carbonyl (C=O) groups excluding carboxylic acids is 2. The Morgan fingerprint density at radius 2 is 0.973 bits per heavy atom. The Hall–Kier alpha value is -3.89. The van der Waals surface area contributed by atoms with Crippen LogP contribution < -0.4 is 0 Å². The van der Waals surface area contributed by atoms with Crippen molar-refractivity contribution in [3.63, 3.8) is 0 Å². The summed E-state index contributed by atoms with van der Waals surface area (Å²) in [6.45, 7) is 0. The van der Waals surface area contributed by atoms with Gasteiger partial charge in [0.15, 0.2) is 0 Å². The minimum atomic E-state index is -0.223. The SMILES string of the molecule is O=C1[N-]C(Cc2ccc3ccc4ccc(CC5[N-]C(=O)c6ccccc65)nc4c3n2)c2ccccc21.[Pt+2]. The molecule has 7 rings (SSSR count). The third-order valence-electron chi connectivity index (χ3n) is 7.09.